The molecule has 0 spiro atoms. The van der Waals surface area contributed by atoms with Gasteiger partial charge in [-0.05, 0) is 19.6 Å². The second-order valence-electron chi connectivity index (χ2n) is 2.77. The smallest absolute Gasteiger partial charge is 0.126 e. The summed E-state index contributed by atoms with van der Waals surface area (Å²) in [6.07, 6.45) is 3.94. The van der Waals surface area contributed by atoms with Crippen LogP contribution in [0.25, 0.3) is 0 Å². The van der Waals surface area contributed by atoms with E-state index < -0.39 is 0 Å². The van der Waals surface area contributed by atoms with Gasteiger partial charge in [0.05, 0.1) is 13.1 Å². The van der Waals surface area contributed by atoms with Gasteiger partial charge in [0.2, 0.25) is 0 Å². The van der Waals surface area contributed by atoms with Gasteiger partial charge in [0.1, 0.15) is 12.4 Å². The van der Waals surface area contributed by atoms with Gasteiger partial charge < -0.3 is 7.85 Å². The molecule has 0 aliphatic rings. The molecule has 1 heterocycles. The van der Waals surface area contributed by atoms with Crippen molar-refractivity contribution in [2.24, 2.45) is 7.05 Å². The molecule has 2 nitrogen and oxygen atoms in total. The minimum absolute atomic E-state index is 0.446. The fraction of sp³-hybridized carbons (Fsp3) is 0.571. The van der Waals surface area contributed by atoms with Crippen molar-refractivity contribution in [1.82, 2.24) is 4.57 Å². The lowest BCUT2D eigenvalue weighted by atomic mass is 10.1. The molecule has 0 N–H and O–H groups in total. The minimum atomic E-state index is 0.446. The fourth-order valence-corrected chi connectivity index (χ4v) is 0.943. The first kappa shape index (κ1) is 7.38. The van der Waals surface area contributed by atoms with E-state index in [0.29, 0.717) is 6.04 Å². The molecule has 10 heavy (non-hydrogen) atoms. The Bertz CT molecular complexity index is 228. The molecule has 1 aromatic rings. The second kappa shape index (κ2) is 2.49. The molecule has 0 aliphatic heterocycles. The maximum Gasteiger partial charge on any atom is 0.126 e. The average molecular weight is 135 g/mol. The highest BCUT2D eigenvalue weighted by Crippen LogP contribution is 1.97. The molecule has 0 aromatic carbocycles. The molecular formula is C7H12BN2. The van der Waals surface area contributed by atoms with E-state index in [1.807, 2.05) is 28.6 Å². The third-order valence-electron chi connectivity index (χ3n) is 1.63. The van der Waals surface area contributed by atoms with Crippen LogP contribution in [0.3, 0.4) is 0 Å². The second-order valence-corrected chi connectivity index (χ2v) is 2.77. The maximum absolute atomic E-state index is 5.73. The molecule has 0 saturated heterocycles. The predicted octanol–water partition coefficient (Wildman–Crippen LogP) is -0.313. The van der Waals surface area contributed by atoms with Gasteiger partial charge in [-0.3, -0.25) is 9.13 Å². The third-order valence-corrected chi connectivity index (χ3v) is 1.63. The van der Waals surface area contributed by atoms with Crippen LogP contribution in [0.15, 0.2) is 12.4 Å². The van der Waals surface area contributed by atoms with Crippen LogP contribution in [-0.2, 0) is 7.05 Å². The molecule has 53 valence electrons. The number of hydrogen-bond acceptors (Lipinski definition) is 0. The zero-order valence-electron chi connectivity index (χ0n) is 6.70. The lowest BCUT2D eigenvalue weighted by Crippen LogP contribution is -2.46. The Balaban J connectivity index is 3.05. The summed E-state index contributed by atoms with van der Waals surface area (Å²) in [7, 11) is 7.67. The monoisotopic (exact) mass is 135 g/mol. The van der Waals surface area contributed by atoms with Crippen LogP contribution in [0, 0.1) is 0 Å². The van der Waals surface area contributed by atoms with Crippen molar-refractivity contribution in [3.05, 3.63) is 12.4 Å². The van der Waals surface area contributed by atoms with Crippen molar-refractivity contribution in [3.63, 3.8) is 0 Å². The zero-order chi connectivity index (χ0) is 7.72. The Labute approximate surface area is 62.9 Å². The fourth-order valence-electron chi connectivity index (χ4n) is 0.943. The summed E-state index contributed by atoms with van der Waals surface area (Å²) in [5, 5.41) is 0. The standard InChI is InChI=1S/C7H12BN2/c1-6(2)10-5-4-9(3)7(10)8/h4-6H,1-3H3. The highest BCUT2D eigenvalue weighted by atomic mass is 15.1. The average Bonchev–Trinajstić information content (AvgIpc) is 2.14. The van der Waals surface area contributed by atoms with Crippen molar-refractivity contribution in [3.8, 4) is 0 Å². The zero-order valence-corrected chi connectivity index (χ0v) is 6.70. The van der Waals surface area contributed by atoms with Crippen LogP contribution < -0.4 is 10.3 Å². The van der Waals surface area contributed by atoms with Gasteiger partial charge >= 0.3 is 0 Å². The predicted molar refractivity (Wildman–Crippen MR) is 41.4 cm³/mol. The van der Waals surface area contributed by atoms with Gasteiger partial charge in [0.15, 0.2) is 0 Å². The van der Waals surface area contributed by atoms with E-state index in [1.165, 1.54) is 0 Å². The SMILES string of the molecule is [B-]c1n(C(C)C)cc[n+]1C. The van der Waals surface area contributed by atoms with E-state index in [0.717, 1.165) is 5.72 Å². The Hall–Kier alpha value is -0.725. The van der Waals surface area contributed by atoms with Crippen LogP contribution in [-0.4, -0.2) is 12.4 Å². The van der Waals surface area contributed by atoms with E-state index in [9.17, 15) is 0 Å². The summed E-state index contributed by atoms with van der Waals surface area (Å²) in [5.41, 5.74) is 0.801. The molecule has 0 fully saturated rings. The van der Waals surface area contributed by atoms with Gasteiger partial charge in [-0.25, -0.2) is 0 Å². The van der Waals surface area contributed by atoms with Crippen LogP contribution in [0.4, 0.5) is 0 Å². The van der Waals surface area contributed by atoms with Crippen molar-refractivity contribution in [2.45, 2.75) is 19.9 Å². The van der Waals surface area contributed by atoms with Crippen molar-refractivity contribution in [2.75, 3.05) is 0 Å². The van der Waals surface area contributed by atoms with E-state index in [1.54, 1.807) is 0 Å². The highest BCUT2D eigenvalue weighted by Gasteiger charge is 2.02. The van der Waals surface area contributed by atoms with Gasteiger partial charge in [0.25, 0.3) is 0 Å². The number of rotatable bonds is 1. The van der Waals surface area contributed by atoms with Gasteiger partial charge in [-0.1, -0.05) is 0 Å². The molecule has 0 aliphatic carbocycles. The van der Waals surface area contributed by atoms with Gasteiger partial charge in [-0.15, -0.1) is 0 Å². The van der Waals surface area contributed by atoms with Crippen LogP contribution in [0.1, 0.15) is 19.9 Å². The summed E-state index contributed by atoms with van der Waals surface area (Å²) in [6, 6.07) is 0.446. The molecule has 1 rings (SSSR count). The molecule has 0 saturated carbocycles. The van der Waals surface area contributed by atoms with Gasteiger partial charge in [0, 0.05) is 0 Å². The molecule has 1 aromatic heterocycles. The first-order valence-corrected chi connectivity index (χ1v) is 3.45. The molecule has 0 bridgehead atoms. The summed E-state index contributed by atoms with van der Waals surface area (Å²) < 4.78 is 3.93. The van der Waals surface area contributed by atoms with Crippen molar-refractivity contribution in [1.29, 1.82) is 0 Å². The van der Waals surface area contributed by atoms with Gasteiger partial charge in [-0.2, -0.15) is 0 Å². The number of aryl methyl sites for hydroxylation is 1. The summed E-state index contributed by atoms with van der Waals surface area (Å²) in [5.74, 6) is 0. The number of imidazole rings is 1. The lowest BCUT2D eigenvalue weighted by Gasteiger charge is -2.10. The molecule has 0 atom stereocenters. The topological polar surface area (TPSA) is 8.81 Å². The summed E-state index contributed by atoms with van der Waals surface area (Å²) in [6.45, 7) is 4.22. The summed E-state index contributed by atoms with van der Waals surface area (Å²) in [4.78, 5) is 0. The molecule has 0 unspecified atom stereocenters. The first-order valence-electron chi connectivity index (χ1n) is 3.45. The van der Waals surface area contributed by atoms with Crippen molar-refractivity contribution >= 4 is 13.6 Å². The lowest BCUT2D eigenvalue weighted by molar-refractivity contribution is -0.652. The van der Waals surface area contributed by atoms with Crippen LogP contribution in [0.2, 0.25) is 0 Å². The maximum atomic E-state index is 5.73. The first-order chi connectivity index (χ1) is 4.63. The normalized spacial score (nSPS) is 10.9. The number of nitrogens with zero attached hydrogens (tertiary/aromatic N) is 2. The minimum Gasteiger partial charge on any atom is -0.458 e. The van der Waals surface area contributed by atoms with E-state index in [4.69, 9.17) is 7.85 Å². The van der Waals surface area contributed by atoms with E-state index in [-0.39, 0.29) is 0 Å². The Morgan fingerprint density at radius 3 is 2.40 bits per heavy atom. The number of hydrogen-bond donors (Lipinski definition) is 0. The van der Waals surface area contributed by atoms with Crippen LogP contribution in [0.5, 0.6) is 0 Å². The molecule has 0 amide bonds. The Kier molecular flexibility index (Phi) is 1.83. The van der Waals surface area contributed by atoms with Crippen LogP contribution >= 0.6 is 0 Å². The third kappa shape index (κ3) is 1.08. The Morgan fingerprint density at radius 2 is 2.20 bits per heavy atom. The molecular weight excluding hydrogens is 123 g/mol. The number of aromatic nitrogens is 2. The Morgan fingerprint density at radius 1 is 1.60 bits per heavy atom. The van der Waals surface area contributed by atoms with E-state index >= 15 is 0 Å². The molecule has 3 heteroatoms. The highest BCUT2D eigenvalue weighted by molar-refractivity contribution is 6.27. The summed E-state index contributed by atoms with van der Waals surface area (Å²) >= 11 is 0. The quantitative estimate of drug-likeness (QED) is 0.369. The molecule has 3 radical (unpaired) electrons. The van der Waals surface area contributed by atoms with E-state index in [2.05, 4.69) is 13.8 Å². The van der Waals surface area contributed by atoms with Crippen molar-refractivity contribution < 1.29 is 4.57 Å². The largest absolute Gasteiger partial charge is 0.458 e.